The summed E-state index contributed by atoms with van der Waals surface area (Å²) < 4.78 is 19.7. The van der Waals surface area contributed by atoms with Crippen molar-refractivity contribution in [2.45, 2.75) is 0 Å². The highest BCUT2D eigenvalue weighted by Gasteiger charge is 2.06. The zero-order valence-corrected chi connectivity index (χ0v) is 8.64. The molecule has 0 radical (unpaired) electrons. The van der Waals surface area contributed by atoms with Gasteiger partial charge in [-0.25, -0.2) is 4.57 Å². The third-order valence-corrected chi connectivity index (χ3v) is 2.03. The van der Waals surface area contributed by atoms with Crippen LogP contribution in [-0.2, 0) is 9.19 Å². The standard InChI is InChI=1S/C6H5N4O5P/c7-8-9-15-16(13)14-6-3-1-5(2-4-6)10(11)12/h1-4,16H. The van der Waals surface area contributed by atoms with E-state index in [1.165, 1.54) is 24.3 Å². The number of benzene rings is 1. The molecule has 0 aliphatic carbocycles. The van der Waals surface area contributed by atoms with Gasteiger partial charge in [0.25, 0.3) is 5.69 Å². The Bertz CT molecular complexity index is 454. The van der Waals surface area contributed by atoms with Crippen LogP contribution in [0, 0.1) is 10.1 Å². The van der Waals surface area contributed by atoms with Crippen LogP contribution in [-0.4, -0.2) is 4.92 Å². The van der Waals surface area contributed by atoms with Gasteiger partial charge in [-0.1, -0.05) is 0 Å². The number of non-ortho nitro benzene ring substituents is 1. The van der Waals surface area contributed by atoms with Gasteiger partial charge in [-0.3, -0.25) is 10.1 Å². The Morgan fingerprint density at radius 3 is 2.56 bits per heavy atom. The van der Waals surface area contributed by atoms with E-state index in [1.807, 2.05) is 0 Å². The van der Waals surface area contributed by atoms with Crippen molar-refractivity contribution in [3.63, 3.8) is 0 Å². The Balaban J connectivity index is 2.65. The Hall–Kier alpha value is -2.24. The molecule has 0 aliphatic rings. The second-order valence-electron chi connectivity index (χ2n) is 2.37. The van der Waals surface area contributed by atoms with Crippen LogP contribution in [0.15, 0.2) is 29.5 Å². The van der Waals surface area contributed by atoms with Crippen LogP contribution in [0.1, 0.15) is 0 Å². The SMILES string of the molecule is [N-]=[N+]=NO[PH](=O)Oc1ccc([N+](=O)[O-])cc1. The highest BCUT2D eigenvalue weighted by Crippen LogP contribution is 2.29. The van der Waals surface area contributed by atoms with E-state index in [2.05, 4.69) is 19.3 Å². The second kappa shape index (κ2) is 5.59. The van der Waals surface area contributed by atoms with Gasteiger partial charge in [0.1, 0.15) is 11.0 Å². The molecule has 1 rings (SSSR count). The normalized spacial score (nSPS) is 11.0. The van der Waals surface area contributed by atoms with Crippen LogP contribution < -0.4 is 4.52 Å². The molecule has 1 aromatic carbocycles. The largest absolute Gasteiger partial charge is 0.425 e. The van der Waals surface area contributed by atoms with Gasteiger partial charge < -0.3 is 9.15 Å². The fourth-order valence-electron chi connectivity index (χ4n) is 0.802. The van der Waals surface area contributed by atoms with E-state index >= 15 is 0 Å². The molecule has 0 amide bonds. The maximum atomic E-state index is 10.9. The fraction of sp³-hybridized carbons (Fsp3) is 0. The summed E-state index contributed by atoms with van der Waals surface area (Å²) in [5.74, 6) is 0.114. The van der Waals surface area contributed by atoms with E-state index in [4.69, 9.17) is 5.53 Å². The maximum Gasteiger partial charge on any atom is 0.425 e. The quantitative estimate of drug-likeness (QED) is 0.196. The first-order valence-electron chi connectivity index (χ1n) is 3.81. The predicted octanol–water partition coefficient (Wildman–Crippen LogP) is 2.61. The van der Waals surface area contributed by atoms with Gasteiger partial charge in [0.2, 0.25) is 0 Å². The topological polar surface area (TPSA) is 127 Å². The molecule has 1 atom stereocenters. The number of nitro benzene ring substituents is 1. The molecule has 0 heterocycles. The number of hydrogen-bond donors (Lipinski definition) is 0. The van der Waals surface area contributed by atoms with Crippen molar-refractivity contribution < 1.29 is 18.6 Å². The minimum atomic E-state index is -2.98. The molecule has 1 aromatic rings. The van der Waals surface area contributed by atoms with Crippen molar-refractivity contribution in [3.05, 3.63) is 44.8 Å². The van der Waals surface area contributed by atoms with Gasteiger partial charge in [0.15, 0.2) is 0 Å². The Labute approximate surface area is 89.3 Å². The third kappa shape index (κ3) is 3.49. The highest BCUT2D eigenvalue weighted by atomic mass is 31.1. The number of hydrogen-bond acceptors (Lipinski definition) is 6. The Morgan fingerprint density at radius 1 is 1.44 bits per heavy atom. The number of rotatable bonds is 5. The zero-order valence-electron chi connectivity index (χ0n) is 7.64. The lowest BCUT2D eigenvalue weighted by molar-refractivity contribution is -0.384. The average Bonchev–Trinajstić information content (AvgIpc) is 2.27. The number of azide groups is 1. The molecular formula is C6H5N4O5P. The minimum absolute atomic E-state index is 0.114. The first-order valence-corrected chi connectivity index (χ1v) is 5.03. The number of nitrogens with zero attached hydrogens (tertiary/aromatic N) is 4. The minimum Gasteiger partial charge on any atom is -0.418 e. The van der Waals surface area contributed by atoms with Gasteiger partial charge >= 0.3 is 8.25 Å². The molecule has 0 saturated carbocycles. The van der Waals surface area contributed by atoms with Crippen LogP contribution in [0.2, 0.25) is 0 Å². The van der Waals surface area contributed by atoms with Crippen LogP contribution in [0.3, 0.4) is 0 Å². The van der Waals surface area contributed by atoms with E-state index < -0.39 is 13.2 Å². The van der Waals surface area contributed by atoms with Crippen molar-refractivity contribution in [1.29, 1.82) is 0 Å². The van der Waals surface area contributed by atoms with Gasteiger partial charge in [0, 0.05) is 17.0 Å². The summed E-state index contributed by atoms with van der Waals surface area (Å²) in [6, 6.07) is 4.86. The van der Waals surface area contributed by atoms with Crippen LogP contribution >= 0.6 is 8.25 Å². The van der Waals surface area contributed by atoms with Gasteiger partial charge in [-0.2, -0.15) is 0 Å². The molecule has 10 heteroatoms. The molecule has 0 bridgehead atoms. The fourth-order valence-corrected chi connectivity index (χ4v) is 1.27. The average molecular weight is 244 g/mol. The smallest absolute Gasteiger partial charge is 0.418 e. The van der Waals surface area contributed by atoms with Gasteiger partial charge in [-0.15, -0.1) is 0 Å². The molecule has 84 valence electrons. The molecule has 0 aliphatic heterocycles. The van der Waals surface area contributed by atoms with Crippen molar-refractivity contribution in [2.75, 3.05) is 0 Å². The summed E-state index contributed by atoms with van der Waals surface area (Å²) in [5.41, 5.74) is 7.74. The first-order chi connectivity index (χ1) is 7.63. The molecule has 0 N–H and O–H groups in total. The van der Waals surface area contributed by atoms with Crippen LogP contribution in [0.4, 0.5) is 5.69 Å². The molecular weight excluding hydrogens is 239 g/mol. The highest BCUT2D eigenvalue weighted by molar-refractivity contribution is 7.33. The van der Waals surface area contributed by atoms with Gasteiger partial charge in [-0.05, 0) is 17.7 Å². The molecule has 0 aromatic heterocycles. The first kappa shape index (κ1) is 11.8. The van der Waals surface area contributed by atoms with Crippen molar-refractivity contribution in [2.24, 2.45) is 5.28 Å². The summed E-state index contributed by atoms with van der Waals surface area (Å²) >= 11 is 0. The zero-order chi connectivity index (χ0) is 12.0. The van der Waals surface area contributed by atoms with Crippen molar-refractivity contribution in [3.8, 4) is 5.75 Å². The summed E-state index contributed by atoms with van der Waals surface area (Å²) in [5, 5.41) is 12.9. The van der Waals surface area contributed by atoms with Crippen LogP contribution in [0.5, 0.6) is 5.75 Å². The molecule has 16 heavy (non-hydrogen) atoms. The van der Waals surface area contributed by atoms with E-state index in [9.17, 15) is 14.7 Å². The molecule has 0 fully saturated rings. The summed E-state index contributed by atoms with van der Waals surface area (Å²) in [7, 11) is -2.98. The molecule has 1 unspecified atom stereocenters. The Kier molecular flexibility index (Phi) is 4.14. The van der Waals surface area contributed by atoms with E-state index in [1.54, 1.807) is 0 Å². The molecule has 0 spiro atoms. The summed E-state index contributed by atoms with van der Waals surface area (Å²) in [4.78, 5) is 11.9. The predicted molar refractivity (Wildman–Crippen MR) is 53.0 cm³/mol. The van der Waals surface area contributed by atoms with E-state index in [0.29, 0.717) is 0 Å². The monoisotopic (exact) mass is 244 g/mol. The van der Waals surface area contributed by atoms with Gasteiger partial charge in [0.05, 0.1) is 4.92 Å². The van der Waals surface area contributed by atoms with Crippen molar-refractivity contribution in [1.82, 2.24) is 0 Å². The lowest BCUT2D eigenvalue weighted by Gasteiger charge is -2.02. The van der Waals surface area contributed by atoms with E-state index in [-0.39, 0.29) is 11.4 Å². The van der Waals surface area contributed by atoms with E-state index in [0.717, 1.165) is 0 Å². The summed E-state index contributed by atoms with van der Waals surface area (Å²) in [6.45, 7) is 0. The number of nitro groups is 1. The Morgan fingerprint density at radius 2 is 2.06 bits per heavy atom. The second-order valence-corrected chi connectivity index (χ2v) is 3.25. The lowest BCUT2D eigenvalue weighted by atomic mass is 10.3. The summed E-state index contributed by atoms with van der Waals surface area (Å²) in [6.07, 6.45) is 0. The third-order valence-electron chi connectivity index (χ3n) is 1.40. The maximum absolute atomic E-state index is 10.9. The molecule has 0 saturated heterocycles. The lowest BCUT2D eigenvalue weighted by Crippen LogP contribution is -1.87. The van der Waals surface area contributed by atoms with Crippen molar-refractivity contribution >= 4 is 13.9 Å². The molecule has 9 nitrogen and oxygen atoms in total. The van der Waals surface area contributed by atoms with Crippen LogP contribution in [0.25, 0.3) is 10.4 Å².